The van der Waals surface area contributed by atoms with Crippen LogP contribution in [0, 0.1) is 5.92 Å². The topological polar surface area (TPSA) is 90.1 Å². The van der Waals surface area contributed by atoms with Crippen LogP contribution in [0.15, 0.2) is 28.0 Å². The van der Waals surface area contributed by atoms with Crippen molar-refractivity contribution in [3.63, 3.8) is 0 Å². The summed E-state index contributed by atoms with van der Waals surface area (Å²) in [5.74, 6) is -2.27. The minimum absolute atomic E-state index is 0.193. The quantitative estimate of drug-likeness (QED) is 0.796. The number of benzene rings is 1. The van der Waals surface area contributed by atoms with E-state index < -0.39 is 22.6 Å². The van der Waals surface area contributed by atoms with Crippen LogP contribution < -0.4 is 9.98 Å². The molecule has 1 aromatic heterocycles. The first-order valence-electron chi connectivity index (χ1n) is 9.06. The molecule has 2 aliphatic rings. The number of H-pyrrole nitrogens is 1. The van der Waals surface area contributed by atoms with Gasteiger partial charge < -0.3 is 14.9 Å². The molecule has 2 atom stereocenters. The number of fused-ring (bicyclic) bond motifs is 2. The molecule has 1 N–H and O–H groups in total. The molecule has 0 amide bonds. The van der Waals surface area contributed by atoms with Gasteiger partial charge in [-0.1, -0.05) is 49.1 Å². The molecule has 0 saturated carbocycles. The Kier molecular flexibility index (Phi) is 4.55. The number of ketones is 1. The molecule has 0 saturated heterocycles. The molecule has 0 bridgehead atoms. The molecule has 4 rings (SSSR count). The number of thiazole rings is 1. The van der Waals surface area contributed by atoms with Gasteiger partial charge >= 0.3 is 4.87 Å². The van der Waals surface area contributed by atoms with Crippen molar-refractivity contribution >= 4 is 34.9 Å². The van der Waals surface area contributed by atoms with Crippen LogP contribution in [0.25, 0.3) is 0 Å². The lowest BCUT2D eigenvalue weighted by molar-refractivity contribution is -0.305. The standard InChI is InChI=1S/C20H21NO4S2/c1-20(2)13(15(18(23)24)26-17-16(20)27-19(25)21-17)14(22)12-8-7-10-5-3-4-6-11(10)9-12/h7-9,13,15H,3-6H2,1-2H3,(H,21,25)(H,23,24)/p-1/t13-,15-/m1/s1. The Balaban J connectivity index is 1.79. The van der Waals surface area contributed by atoms with E-state index in [2.05, 4.69) is 4.98 Å². The van der Waals surface area contributed by atoms with Gasteiger partial charge in [-0.25, -0.2) is 0 Å². The van der Waals surface area contributed by atoms with Crippen LogP contribution in [0.1, 0.15) is 53.1 Å². The van der Waals surface area contributed by atoms with Gasteiger partial charge in [-0.15, -0.1) is 0 Å². The normalized spacial score (nSPS) is 23.3. The molecule has 2 heterocycles. The number of carboxylic acids is 1. The number of aliphatic carboxylic acids is 1. The lowest BCUT2D eigenvalue weighted by atomic mass is 9.71. The van der Waals surface area contributed by atoms with Gasteiger partial charge in [0.05, 0.1) is 16.2 Å². The van der Waals surface area contributed by atoms with Gasteiger partial charge in [-0.2, -0.15) is 0 Å². The highest BCUT2D eigenvalue weighted by molar-refractivity contribution is 8.00. The molecule has 27 heavy (non-hydrogen) atoms. The smallest absolute Gasteiger partial charge is 0.305 e. The van der Waals surface area contributed by atoms with E-state index >= 15 is 0 Å². The number of thioether (sulfide) groups is 1. The van der Waals surface area contributed by atoms with Crippen molar-refractivity contribution in [1.29, 1.82) is 0 Å². The van der Waals surface area contributed by atoms with Crippen molar-refractivity contribution in [2.75, 3.05) is 0 Å². The Morgan fingerprint density at radius 3 is 2.59 bits per heavy atom. The number of rotatable bonds is 3. The summed E-state index contributed by atoms with van der Waals surface area (Å²) in [6.07, 6.45) is 4.25. The van der Waals surface area contributed by atoms with Crippen LogP contribution >= 0.6 is 23.1 Å². The number of aromatic amines is 1. The minimum atomic E-state index is -1.28. The number of carboxylic acid groups (broad SMARTS) is 1. The van der Waals surface area contributed by atoms with E-state index in [-0.39, 0.29) is 10.7 Å². The van der Waals surface area contributed by atoms with Crippen LogP contribution in [0.2, 0.25) is 0 Å². The summed E-state index contributed by atoms with van der Waals surface area (Å²) in [6.45, 7) is 3.68. The summed E-state index contributed by atoms with van der Waals surface area (Å²) in [4.78, 5) is 40.3. The average molecular weight is 403 g/mol. The zero-order valence-electron chi connectivity index (χ0n) is 15.2. The van der Waals surface area contributed by atoms with E-state index in [9.17, 15) is 19.5 Å². The summed E-state index contributed by atoms with van der Waals surface area (Å²) >= 11 is 2.07. The molecule has 1 aliphatic carbocycles. The predicted molar refractivity (Wildman–Crippen MR) is 104 cm³/mol. The second-order valence-electron chi connectivity index (χ2n) is 7.78. The predicted octanol–water partition coefficient (Wildman–Crippen LogP) is 2.32. The van der Waals surface area contributed by atoms with E-state index in [1.54, 1.807) is 0 Å². The fourth-order valence-electron chi connectivity index (χ4n) is 4.25. The Hall–Kier alpha value is -1.86. The second-order valence-corrected chi connectivity index (χ2v) is 9.92. The van der Waals surface area contributed by atoms with E-state index in [1.807, 2.05) is 32.0 Å². The highest BCUT2D eigenvalue weighted by atomic mass is 32.2. The highest BCUT2D eigenvalue weighted by Gasteiger charge is 2.49. The van der Waals surface area contributed by atoms with E-state index in [0.29, 0.717) is 10.6 Å². The maximum absolute atomic E-state index is 13.4. The van der Waals surface area contributed by atoms with E-state index in [0.717, 1.165) is 53.7 Å². The average Bonchev–Trinajstić information content (AvgIpc) is 3.02. The Morgan fingerprint density at radius 1 is 1.19 bits per heavy atom. The third kappa shape index (κ3) is 3.06. The van der Waals surface area contributed by atoms with E-state index in [1.165, 1.54) is 11.1 Å². The monoisotopic (exact) mass is 402 g/mol. The molecular formula is C20H20NO4S2-. The molecule has 142 valence electrons. The van der Waals surface area contributed by atoms with Crippen LogP contribution in [0.4, 0.5) is 0 Å². The van der Waals surface area contributed by atoms with Crippen molar-refractivity contribution in [2.45, 2.75) is 55.2 Å². The largest absolute Gasteiger partial charge is 0.549 e. The Labute approximate surface area is 165 Å². The van der Waals surface area contributed by atoms with Gasteiger partial charge in [0.2, 0.25) is 0 Å². The van der Waals surface area contributed by atoms with Crippen molar-refractivity contribution in [3.05, 3.63) is 49.4 Å². The van der Waals surface area contributed by atoms with Gasteiger partial charge in [0.15, 0.2) is 5.78 Å². The fourth-order valence-corrected chi connectivity index (χ4v) is 6.93. The third-order valence-electron chi connectivity index (χ3n) is 5.67. The third-order valence-corrected chi connectivity index (χ3v) is 8.29. The number of aromatic nitrogens is 1. The minimum Gasteiger partial charge on any atom is -0.549 e. The summed E-state index contributed by atoms with van der Waals surface area (Å²) < 4.78 is 0. The number of aryl methyl sites for hydroxylation is 2. The Bertz CT molecular complexity index is 988. The van der Waals surface area contributed by atoms with Crippen LogP contribution in [0.5, 0.6) is 0 Å². The lowest BCUT2D eigenvalue weighted by Gasteiger charge is -2.42. The van der Waals surface area contributed by atoms with E-state index in [4.69, 9.17) is 0 Å². The highest BCUT2D eigenvalue weighted by Crippen LogP contribution is 2.50. The molecule has 0 spiro atoms. The first kappa shape index (κ1) is 18.5. The lowest BCUT2D eigenvalue weighted by Crippen LogP contribution is -2.51. The van der Waals surface area contributed by atoms with Gasteiger partial charge in [-0.05, 0) is 42.9 Å². The summed E-state index contributed by atoms with van der Waals surface area (Å²) in [7, 11) is 0. The first-order valence-corrected chi connectivity index (χ1v) is 10.8. The maximum atomic E-state index is 13.4. The molecular weight excluding hydrogens is 382 g/mol. The van der Waals surface area contributed by atoms with Gasteiger partial charge in [-0.3, -0.25) is 9.59 Å². The fraction of sp³-hybridized carbons (Fsp3) is 0.450. The molecule has 7 heteroatoms. The molecule has 1 aromatic carbocycles. The van der Waals surface area contributed by atoms with Crippen LogP contribution in [0.3, 0.4) is 0 Å². The SMILES string of the molecule is CC1(C)c2sc(=O)[nH]c2S[C@@H](C(=O)[O-])[C@H]1C(=O)c1ccc2c(c1)CCCC2. The summed E-state index contributed by atoms with van der Waals surface area (Å²) in [5, 5.41) is 11.4. The van der Waals surface area contributed by atoms with Crippen LogP contribution in [-0.2, 0) is 23.1 Å². The zero-order chi connectivity index (χ0) is 19.3. The van der Waals surface area contributed by atoms with Crippen molar-refractivity contribution in [2.24, 2.45) is 5.92 Å². The van der Waals surface area contributed by atoms with Gasteiger partial charge in [0.25, 0.3) is 0 Å². The number of hydrogen-bond donors (Lipinski definition) is 1. The first-order chi connectivity index (χ1) is 12.8. The molecule has 5 nitrogen and oxygen atoms in total. The molecule has 1 aliphatic heterocycles. The summed E-state index contributed by atoms with van der Waals surface area (Å²) in [5.41, 5.74) is 2.23. The second kappa shape index (κ2) is 6.63. The van der Waals surface area contributed by atoms with Gasteiger partial charge in [0.1, 0.15) is 0 Å². The van der Waals surface area contributed by atoms with Crippen molar-refractivity contribution in [1.82, 2.24) is 4.98 Å². The molecule has 2 aromatic rings. The van der Waals surface area contributed by atoms with Crippen molar-refractivity contribution in [3.8, 4) is 0 Å². The molecule has 0 fully saturated rings. The number of nitrogens with one attached hydrogen (secondary N) is 1. The molecule has 0 radical (unpaired) electrons. The number of Topliss-reactive ketones (excluding diaryl/α,β-unsaturated/α-hetero) is 1. The number of hydrogen-bond acceptors (Lipinski definition) is 6. The Morgan fingerprint density at radius 2 is 1.89 bits per heavy atom. The van der Waals surface area contributed by atoms with Crippen LogP contribution in [-0.4, -0.2) is 22.0 Å². The molecule has 0 unspecified atom stereocenters. The summed E-state index contributed by atoms with van der Waals surface area (Å²) in [6, 6.07) is 5.74. The number of carbonyl (C=O) groups is 2. The van der Waals surface area contributed by atoms with Gasteiger partial charge in [0, 0.05) is 21.8 Å². The zero-order valence-corrected chi connectivity index (χ0v) is 16.8. The maximum Gasteiger partial charge on any atom is 0.305 e. The number of carbonyl (C=O) groups excluding carboxylic acids is 2. The van der Waals surface area contributed by atoms with Crippen molar-refractivity contribution < 1.29 is 14.7 Å².